The van der Waals surface area contributed by atoms with Gasteiger partial charge in [0.1, 0.15) is 11.5 Å². The predicted molar refractivity (Wildman–Crippen MR) is 118 cm³/mol. The minimum Gasteiger partial charge on any atom is -0.294 e. The molecule has 0 bridgehead atoms. The molecule has 4 aromatic rings. The summed E-state index contributed by atoms with van der Waals surface area (Å²) in [5.41, 5.74) is 6.18. The van der Waals surface area contributed by atoms with Crippen LogP contribution in [0.25, 0.3) is 5.65 Å². The maximum Gasteiger partial charge on any atom is 0.277 e. The van der Waals surface area contributed by atoms with Gasteiger partial charge in [-0.15, -0.1) is 10.2 Å². The summed E-state index contributed by atoms with van der Waals surface area (Å²) in [5, 5.41) is 13.9. The van der Waals surface area contributed by atoms with Gasteiger partial charge < -0.3 is 0 Å². The van der Waals surface area contributed by atoms with Crippen LogP contribution in [0.2, 0.25) is 5.02 Å². The second-order valence-corrected chi connectivity index (χ2v) is 8.91. The molecule has 1 fully saturated rings. The number of carbonyl (C=O) groups is 1. The highest BCUT2D eigenvalue weighted by Gasteiger charge is 2.46. The van der Waals surface area contributed by atoms with Crippen LogP contribution in [0.15, 0.2) is 36.5 Å². The number of benzene rings is 1. The van der Waals surface area contributed by atoms with Crippen molar-refractivity contribution in [3.63, 3.8) is 0 Å². The van der Waals surface area contributed by atoms with Crippen LogP contribution in [0.3, 0.4) is 0 Å². The summed E-state index contributed by atoms with van der Waals surface area (Å²) in [6, 6.07) is 9.80. The van der Waals surface area contributed by atoms with Gasteiger partial charge in [0.05, 0.1) is 23.5 Å². The molecule has 4 heterocycles. The SMILES string of the molecule is Cc1nn(C2CC2)c2c1[C@H](c1ccc(Cl)cc1)N(c1cc(C)c3nnc(C)n3c1)C2=O. The Labute approximate surface area is 184 Å². The van der Waals surface area contributed by atoms with Gasteiger partial charge >= 0.3 is 0 Å². The van der Waals surface area contributed by atoms with Gasteiger partial charge in [0.15, 0.2) is 5.65 Å². The summed E-state index contributed by atoms with van der Waals surface area (Å²) in [6.07, 6.45) is 4.09. The second kappa shape index (κ2) is 6.40. The van der Waals surface area contributed by atoms with E-state index in [0.29, 0.717) is 16.8 Å². The standard InChI is InChI=1S/C23H21ClN6O/c1-12-10-18(11-28-14(3)25-26-22(12)28)29-20(15-4-6-16(24)7-5-15)19-13(2)27-30(17-8-9-17)21(19)23(29)31/h4-7,10-11,17,20H,8-9H2,1-3H3/t20-/m0/s1. The molecule has 1 atom stereocenters. The molecule has 0 radical (unpaired) electrons. The maximum absolute atomic E-state index is 13.9. The van der Waals surface area contributed by atoms with Crippen LogP contribution < -0.4 is 4.90 Å². The number of pyridine rings is 1. The fraction of sp³-hybridized carbons (Fsp3) is 0.304. The topological polar surface area (TPSA) is 68.3 Å². The lowest BCUT2D eigenvalue weighted by molar-refractivity contribution is 0.0983. The minimum atomic E-state index is -0.263. The van der Waals surface area contributed by atoms with Crippen molar-refractivity contribution in [3.05, 3.63) is 75.5 Å². The van der Waals surface area contributed by atoms with Crippen LogP contribution in [0, 0.1) is 20.8 Å². The second-order valence-electron chi connectivity index (χ2n) is 8.47. The molecule has 1 aromatic carbocycles. The third-order valence-corrected chi connectivity index (χ3v) is 6.54. The Hall–Kier alpha value is -3.19. The summed E-state index contributed by atoms with van der Waals surface area (Å²) in [5.74, 6) is 0.763. The van der Waals surface area contributed by atoms with Crippen LogP contribution in [-0.4, -0.2) is 30.3 Å². The van der Waals surface area contributed by atoms with E-state index in [4.69, 9.17) is 16.7 Å². The van der Waals surface area contributed by atoms with Gasteiger partial charge in [-0.25, -0.2) is 0 Å². The van der Waals surface area contributed by atoms with Crippen molar-refractivity contribution in [2.24, 2.45) is 0 Å². The first-order valence-corrected chi connectivity index (χ1v) is 10.8. The van der Waals surface area contributed by atoms with E-state index >= 15 is 0 Å². The highest BCUT2D eigenvalue weighted by Crippen LogP contribution is 2.46. The molecule has 0 spiro atoms. The molecule has 156 valence electrons. The van der Waals surface area contributed by atoms with Gasteiger partial charge in [0, 0.05) is 16.8 Å². The van der Waals surface area contributed by atoms with Gasteiger partial charge in [-0.3, -0.25) is 18.8 Å². The van der Waals surface area contributed by atoms with Crippen molar-refractivity contribution in [2.45, 2.75) is 45.7 Å². The summed E-state index contributed by atoms with van der Waals surface area (Å²) in [6.45, 7) is 5.90. The zero-order valence-electron chi connectivity index (χ0n) is 17.5. The average molecular weight is 433 g/mol. The van der Waals surface area contributed by atoms with Crippen LogP contribution in [0.5, 0.6) is 0 Å². The van der Waals surface area contributed by atoms with Crippen LogP contribution in [0.4, 0.5) is 5.69 Å². The van der Waals surface area contributed by atoms with Crippen LogP contribution in [0.1, 0.15) is 63.6 Å². The lowest BCUT2D eigenvalue weighted by Crippen LogP contribution is -2.30. The van der Waals surface area contributed by atoms with Gasteiger partial charge in [-0.1, -0.05) is 23.7 Å². The largest absolute Gasteiger partial charge is 0.294 e. The Morgan fingerprint density at radius 2 is 1.81 bits per heavy atom. The van der Waals surface area contributed by atoms with Crippen LogP contribution in [-0.2, 0) is 0 Å². The number of nitrogens with zero attached hydrogens (tertiary/aromatic N) is 6. The molecule has 31 heavy (non-hydrogen) atoms. The molecule has 6 rings (SSSR count). The number of rotatable bonds is 3. The van der Waals surface area contributed by atoms with Crippen LogP contribution >= 0.6 is 11.6 Å². The molecule has 0 saturated heterocycles. The number of carbonyl (C=O) groups excluding carboxylic acids is 1. The van der Waals surface area contributed by atoms with E-state index in [9.17, 15) is 4.79 Å². The number of aromatic nitrogens is 5. The Morgan fingerprint density at radius 3 is 2.52 bits per heavy atom. The van der Waals surface area contributed by atoms with Crippen molar-refractivity contribution >= 4 is 28.8 Å². The number of hydrogen-bond donors (Lipinski definition) is 0. The molecule has 1 saturated carbocycles. The van der Waals surface area contributed by atoms with Gasteiger partial charge in [0.2, 0.25) is 0 Å². The molecule has 0 unspecified atom stereocenters. The molecule has 8 heteroatoms. The predicted octanol–water partition coefficient (Wildman–Crippen LogP) is 4.59. The quantitative estimate of drug-likeness (QED) is 0.475. The molecule has 3 aromatic heterocycles. The fourth-order valence-corrected chi connectivity index (χ4v) is 4.78. The van der Waals surface area contributed by atoms with E-state index in [0.717, 1.165) is 52.4 Å². The number of anilines is 1. The zero-order valence-corrected chi connectivity index (χ0v) is 18.3. The van der Waals surface area contributed by atoms with Crippen molar-refractivity contribution < 1.29 is 4.79 Å². The van der Waals surface area contributed by atoms with E-state index in [-0.39, 0.29) is 11.9 Å². The number of aryl methyl sites for hydroxylation is 3. The maximum atomic E-state index is 13.9. The summed E-state index contributed by atoms with van der Waals surface area (Å²) < 4.78 is 3.89. The highest BCUT2D eigenvalue weighted by atomic mass is 35.5. The molecule has 2 aliphatic rings. The molecule has 1 aliphatic carbocycles. The van der Waals surface area contributed by atoms with E-state index in [1.807, 2.05) is 71.3 Å². The van der Waals surface area contributed by atoms with E-state index in [1.165, 1.54) is 0 Å². The van der Waals surface area contributed by atoms with E-state index in [1.54, 1.807) is 0 Å². The Bertz CT molecular complexity index is 1370. The normalized spacial score (nSPS) is 18.3. The van der Waals surface area contributed by atoms with Crippen molar-refractivity contribution in [2.75, 3.05) is 4.90 Å². The Kier molecular flexibility index (Phi) is 3.84. The first-order valence-electron chi connectivity index (χ1n) is 10.4. The fourth-order valence-electron chi connectivity index (χ4n) is 4.65. The number of amides is 1. The highest BCUT2D eigenvalue weighted by molar-refractivity contribution is 6.30. The van der Waals surface area contributed by atoms with Crippen molar-refractivity contribution in [3.8, 4) is 0 Å². The first-order chi connectivity index (χ1) is 14.9. The molecular formula is C23H21ClN6O. The molecular weight excluding hydrogens is 412 g/mol. The minimum absolute atomic E-state index is 0.0214. The number of hydrogen-bond acceptors (Lipinski definition) is 4. The molecule has 7 nitrogen and oxygen atoms in total. The molecule has 1 aliphatic heterocycles. The summed E-state index contributed by atoms with van der Waals surface area (Å²) >= 11 is 6.16. The first kappa shape index (κ1) is 18.6. The number of fused-ring (bicyclic) bond motifs is 2. The molecule has 0 N–H and O–H groups in total. The third kappa shape index (κ3) is 2.66. The van der Waals surface area contributed by atoms with Gasteiger partial charge in [0.25, 0.3) is 5.91 Å². The van der Waals surface area contributed by atoms with Gasteiger partial charge in [-0.2, -0.15) is 5.10 Å². The van der Waals surface area contributed by atoms with Crippen molar-refractivity contribution in [1.82, 2.24) is 24.4 Å². The lowest BCUT2D eigenvalue weighted by Gasteiger charge is -2.27. The van der Waals surface area contributed by atoms with E-state index < -0.39 is 0 Å². The monoisotopic (exact) mass is 432 g/mol. The average Bonchev–Trinajstić information content (AvgIpc) is 3.35. The Balaban J connectivity index is 1.59. The number of halogens is 1. The summed E-state index contributed by atoms with van der Waals surface area (Å²) in [7, 11) is 0. The smallest absolute Gasteiger partial charge is 0.277 e. The van der Waals surface area contributed by atoms with E-state index in [2.05, 4.69) is 10.2 Å². The third-order valence-electron chi connectivity index (χ3n) is 6.29. The van der Waals surface area contributed by atoms with Gasteiger partial charge in [-0.05, 0) is 62.9 Å². The zero-order chi connectivity index (χ0) is 21.4. The van der Waals surface area contributed by atoms with Crippen molar-refractivity contribution in [1.29, 1.82) is 0 Å². The Morgan fingerprint density at radius 1 is 1.06 bits per heavy atom. The summed E-state index contributed by atoms with van der Waals surface area (Å²) in [4.78, 5) is 15.8. The molecule has 1 amide bonds. The lowest BCUT2D eigenvalue weighted by atomic mass is 9.99.